The summed E-state index contributed by atoms with van der Waals surface area (Å²) in [7, 11) is 1.41. The van der Waals surface area contributed by atoms with Crippen molar-refractivity contribution in [1.82, 2.24) is 4.57 Å². The lowest BCUT2D eigenvalue weighted by Gasteiger charge is -2.07. The number of hydrogen-bond acceptors (Lipinski definition) is 5. The molecule has 0 saturated carbocycles. The van der Waals surface area contributed by atoms with Crippen LogP contribution in [0.3, 0.4) is 0 Å². The van der Waals surface area contributed by atoms with Crippen LogP contribution in [0.2, 0.25) is 0 Å². The summed E-state index contributed by atoms with van der Waals surface area (Å²) in [6, 6.07) is 16.8. The lowest BCUT2D eigenvalue weighted by molar-refractivity contribution is 0.0606. The van der Waals surface area contributed by atoms with Crippen LogP contribution < -0.4 is 5.32 Å². The Hall–Kier alpha value is -2.44. The predicted octanol–water partition coefficient (Wildman–Crippen LogP) is 6.13. The molecule has 4 aromatic rings. The van der Waals surface area contributed by atoms with Crippen LogP contribution in [0.1, 0.15) is 16.6 Å². The van der Waals surface area contributed by atoms with E-state index < -0.39 is 0 Å². The number of nitrogens with zero attached hydrogens (tertiary/aromatic N) is 1. The summed E-state index contributed by atoms with van der Waals surface area (Å²) < 4.78 is 8.25. The SMILES string of the molecule is CCn1c2ccccc2c2cc(Nc3cc(C(=O)OC)sc3SC)ccc21. The second kappa shape index (κ2) is 7.29. The highest BCUT2D eigenvalue weighted by molar-refractivity contribution is 8.00. The molecule has 0 amide bonds. The first kappa shape index (κ1) is 17.9. The third kappa shape index (κ3) is 3.09. The third-order valence-corrected chi connectivity index (χ3v) is 6.89. The van der Waals surface area contributed by atoms with Gasteiger partial charge in [0.1, 0.15) is 4.88 Å². The molecule has 4 rings (SSSR count). The molecule has 4 nitrogen and oxygen atoms in total. The number of thiophene rings is 1. The van der Waals surface area contributed by atoms with Gasteiger partial charge in [0, 0.05) is 34.0 Å². The number of aromatic nitrogens is 1. The van der Waals surface area contributed by atoms with E-state index in [1.54, 1.807) is 11.8 Å². The number of esters is 1. The summed E-state index contributed by atoms with van der Waals surface area (Å²) in [5.74, 6) is -0.301. The minimum atomic E-state index is -0.301. The molecule has 0 radical (unpaired) electrons. The second-order valence-corrected chi connectivity index (χ2v) is 8.25. The molecule has 2 aromatic carbocycles. The first-order valence-corrected chi connectivity index (χ1v) is 10.7. The van der Waals surface area contributed by atoms with Crippen molar-refractivity contribution in [3.63, 3.8) is 0 Å². The Labute approximate surface area is 166 Å². The summed E-state index contributed by atoms with van der Waals surface area (Å²) in [5.41, 5.74) is 4.42. The van der Waals surface area contributed by atoms with Crippen LogP contribution in [0.25, 0.3) is 21.8 Å². The van der Waals surface area contributed by atoms with E-state index in [-0.39, 0.29) is 5.97 Å². The van der Waals surface area contributed by atoms with Crippen LogP contribution in [-0.4, -0.2) is 23.9 Å². The highest BCUT2D eigenvalue weighted by Gasteiger charge is 2.16. The molecule has 0 unspecified atom stereocenters. The molecule has 0 spiro atoms. The molecule has 27 heavy (non-hydrogen) atoms. The number of carbonyl (C=O) groups excluding carboxylic acids is 1. The Morgan fingerprint density at radius 1 is 1.15 bits per heavy atom. The lowest BCUT2D eigenvalue weighted by atomic mass is 10.1. The largest absolute Gasteiger partial charge is 0.465 e. The van der Waals surface area contributed by atoms with Gasteiger partial charge in [-0.3, -0.25) is 0 Å². The normalized spacial score (nSPS) is 11.2. The van der Waals surface area contributed by atoms with Crippen molar-refractivity contribution in [1.29, 1.82) is 0 Å². The number of fused-ring (bicyclic) bond motifs is 3. The van der Waals surface area contributed by atoms with E-state index >= 15 is 0 Å². The fourth-order valence-electron chi connectivity index (χ4n) is 3.44. The number of para-hydroxylation sites is 1. The number of methoxy groups -OCH3 is 1. The zero-order valence-corrected chi connectivity index (χ0v) is 17.0. The minimum Gasteiger partial charge on any atom is -0.465 e. The average Bonchev–Trinajstić information content (AvgIpc) is 3.25. The van der Waals surface area contributed by atoms with Gasteiger partial charge in [-0.05, 0) is 43.5 Å². The molecule has 2 aromatic heterocycles. The first-order valence-electron chi connectivity index (χ1n) is 8.70. The van der Waals surface area contributed by atoms with Gasteiger partial charge < -0.3 is 14.6 Å². The monoisotopic (exact) mass is 396 g/mol. The zero-order valence-electron chi connectivity index (χ0n) is 15.4. The highest BCUT2D eigenvalue weighted by Crippen LogP contribution is 2.38. The van der Waals surface area contributed by atoms with Crippen LogP contribution >= 0.6 is 23.1 Å². The average molecular weight is 397 g/mol. The summed E-state index contributed by atoms with van der Waals surface area (Å²) in [4.78, 5) is 12.5. The third-order valence-electron chi connectivity index (χ3n) is 4.64. The summed E-state index contributed by atoms with van der Waals surface area (Å²) in [6.45, 7) is 3.10. The Kier molecular flexibility index (Phi) is 4.85. The predicted molar refractivity (Wildman–Crippen MR) is 116 cm³/mol. The molecule has 0 aliphatic heterocycles. The van der Waals surface area contributed by atoms with E-state index in [1.807, 2.05) is 12.3 Å². The van der Waals surface area contributed by atoms with E-state index in [0.29, 0.717) is 4.88 Å². The topological polar surface area (TPSA) is 43.3 Å². The van der Waals surface area contributed by atoms with Crippen molar-refractivity contribution in [2.24, 2.45) is 0 Å². The molecular formula is C21H20N2O2S2. The van der Waals surface area contributed by atoms with Crippen molar-refractivity contribution in [2.45, 2.75) is 17.7 Å². The molecule has 2 heterocycles. The molecule has 6 heteroatoms. The van der Waals surface area contributed by atoms with Gasteiger partial charge in [0.15, 0.2) is 0 Å². The Bertz CT molecular complexity index is 1140. The number of thioether (sulfide) groups is 1. The van der Waals surface area contributed by atoms with Crippen molar-refractivity contribution in [2.75, 3.05) is 18.7 Å². The number of anilines is 2. The smallest absolute Gasteiger partial charge is 0.348 e. The van der Waals surface area contributed by atoms with E-state index in [2.05, 4.69) is 59.3 Å². The van der Waals surface area contributed by atoms with E-state index in [1.165, 1.54) is 40.3 Å². The van der Waals surface area contributed by atoms with Gasteiger partial charge in [-0.15, -0.1) is 23.1 Å². The maximum absolute atomic E-state index is 11.9. The van der Waals surface area contributed by atoms with Gasteiger partial charge >= 0.3 is 5.97 Å². The Morgan fingerprint density at radius 2 is 1.93 bits per heavy atom. The van der Waals surface area contributed by atoms with E-state index in [4.69, 9.17) is 4.74 Å². The summed E-state index contributed by atoms with van der Waals surface area (Å²) >= 11 is 3.07. The maximum atomic E-state index is 11.9. The lowest BCUT2D eigenvalue weighted by Crippen LogP contribution is -1.97. The van der Waals surface area contributed by atoms with E-state index in [0.717, 1.165) is 22.1 Å². The van der Waals surface area contributed by atoms with Crippen molar-refractivity contribution >= 4 is 62.2 Å². The number of hydrogen-bond donors (Lipinski definition) is 1. The molecular weight excluding hydrogens is 376 g/mol. The molecule has 138 valence electrons. The summed E-state index contributed by atoms with van der Waals surface area (Å²) in [5, 5.41) is 5.96. The van der Waals surface area contributed by atoms with Crippen LogP contribution in [-0.2, 0) is 11.3 Å². The Morgan fingerprint density at radius 3 is 2.67 bits per heavy atom. The number of carbonyl (C=O) groups is 1. The maximum Gasteiger partial charge on any atom is 0.348 e. The molecule has 0 saturated heterocycles. The molecule has 0 fully saturated rings. The molecule has 0 atom stereocenters. The van der Waals surface area contributed by atoms with Crippen molar-refractivity contribution < 1.29 is 9.53 Å². The van der Waals surface area contributed by atoms with Crippen LogP contribution in [0, 0.1) is 0 Å². The van der Waals surface area contributed by atoms with Crippen LogP contribution in [0.5, 0.6) is 0 Å². The number of rotatable bonds is 5. The number of ether oxygens (including phenoxy) is 1. The minimum absolute atomic E-state index is 0.301. The molecule has 0 aliphatic carbocycles. The van der Waals surface area contributed by atoms with Gasteiger partial charge in [-0.25, -0.2) is 4.79 Å². The Balaban J connectivity index is 1.78. The van der Waals surface area contributed by atoms with Gasteiger partial charge in [0.05, 0.1) is 17.0 Å². The number of benzene rings is 2. The van der Waals surface area contributed by atoms with Gasteiger partial charge in [-0.1, -0.05) is 18.2 Å². The zero-order chi connectivity index (χ0) is 19.0. The number of nitrogens with one attached hydrogen (secondary N) is 1. The first-order chi connectivity index (χ1) is 13.2. The quantitative estimate of drug-likeness (QED) is 0.326. The molecule has 0 aliphatic rings. The fourth-order valence-corrected chi connectivity index (χ4v) is 5.14. The van der Waals surface area contributed by atoms with Gasteiger partial charge in [-0.2, -0.15) is 0 Å². The standard InChI is InChI=1S/C21H20N2O2S2/c1-4-23-17-8-6-5-7-14(17)15-11-13(9-10-18(15)23)22-16-12-19(20(24)25-2)27-21(16)26-3/h5-12,22H,4H2,1-3H3. The van der Waals surface area contributed by atoms with Crippen LogP contribution in [0.15, 0.2) is 52.7 Å². The van der Waals surface area contributed by atoms with Crippen LogP contribution in [0.4, 0.5) is 11.4 Å². The van der Waals surface area contributed by atoms with Gasteiger partial charge in [0.2, 0.25) is 0 Å². The van der Waals surface area contributed by atoms with Crippen molar-refractivity contribution in [3.05, 3.63) is 53.4 Å². The summed E-state index contributed by atoms with van der Waals surface area (Å²) in [6.07, 6.45) is 2.01. The molecule has 0 bridgehead atoms. The van der Waals surface area contributed by atoms with Crippen molar-refractivity contribution in [3.8, 4) is 0 Å². The molecule has 1 N–H and O–H groups in total. The second-order valence-electron chi connectivity index (χ2n) is 6.13. The highest BCUT2D eigenvalue weighted by atomic mass is 32.2. The van der Waals surface area contributed by atoms with E-state index in [9.17, 15) is 4.79 Å². The number of aryl methyl sites for hydroxylation is 1. The fraction of sp³-hybridized carbons (Fsp3) is 0.190. The van der Waals surface area contributed by atoms with Gasteiger partial charge in [0.25, 0.3) is 0 Å².